The summed E-state index contributed by atoms with van der Waals surface area (Å²) in [7, 11) is 0. The van der Waals surface area contributed by atoms with Crippen LogP contribution in [0.3, 0.4) is 0 Å². The summed E-state index contributed by atoms with van der Waals surface area (Å²) in [5.74, 6) is 0. The van der Waals surface area contributed by atoms with Crippen molar-refractivity contribution < 1.29 is 0 Å². The summed E-state index contributed by atoms with van der Waals surface area (Å²) in [4.78, 5) is 2.21. The molecule has 1 heteroatoms. The van der Waals surface area contributed by atoms with E-state index in [1.807, 2.05) is 18.2 Å². The van der Waals surface area contributed by atoms with Gasteiger partial charge >= 0.3 is 0 Å². The molecule has 0 aliphatic carbocycles. The molecule has 55 valence electrons. The van der Waals surface area contributed by atoms with Crippen molar-refractivity contribution in [2.75, 3.05) is 11.4 Å². The fourth-order valence-corrected chi connectivity index (χ4v) is 1.25. The highest BCUT2D eigenvalue weighted by molar-refractivity contribution is 5.49. The number of rotatable bonds is 1. The summed E-state index contributed by atoms with van der Waals surface area (Å²) in [6, 6.07) is 11.2. The van der Waals surface area contributed by atoms with Crippen LogP contribution in [0.1, 0.15) is 6.42 Å². The maximum atomic E-state index is 3.18. The van der Waals surface area contributed by atoms with Gasteiger partial charge in [-0.25, -0.2) is 0 Å². The van der Waals surface area contributed by atoms with Gasteiger partial charge in [-0.2, -0.15) is 0 Å². The van der Waals surface area contributed by atoms with E-state index in [1.165, 1.54) is 5.69 Å². The smallest absolute Gasteiger partial charge is 0.0486 e. The summed E-state index contributed by atoms with van der Waals surface area (Å²) in [6.07, 6.45) is 5.45. The van der Waals surface area contributed by atoms with Crippen molar-refractivity contribution in [1.82, 2.24) is 0 Å². The molecule has 0 saturated carbocycles. The summed E-state index contributed by atoms with van der Waals surface area (Å²) < 4.78 is 0. The first-order valence-electron chi connectivity index (χ1n) is 3.87. The van der Waals surface area contributed by atoms with Crippen molar-refractivity contribution in [2.24, 2.45) is 0 Å². The molecule has 1 aromatic rings. The number of benzene rings is 1. The second-order valence-electron chi connectivity index (χ2n) is 2.61. The third kappa shape index (κ3) is 1.27. The Morgan fingerprint density at radius 2 is 2.36 bits per heavy atom. The van der Waals surface area contributed by atoms with Gasteiger partial charge in [-0.15, -0.1) is 0 Å². The third-order valence-corrected chi connectivity index (χ3v) is 1.82. The Morgan fingerprint density at radius 1 is 1.36 bits per heavy atom. The average molecular weight is 144 g/mol. The van der Waals surface area contributed by atoms with Gasteiger partial charge in [0.05, 0.1) is 0 Å². The molecular weight excluding hydrogens is 134 g/mol. The average Bonchev–Trinajstić information content (AvgIpc) is 2.58. The molecule has 0 bridgehead atoms. The van der Waals surface area contributed by atoms with Gasteiger partial charge in [0.25, 0.3) is 0 Å². The summed E-state index contributed by atoms with van der Waals surface area (Å²) in [6.45, 7) is 1.10. The number of hydrogen-bond donors (Lipinski definition) is 0. The van der Waals surface area contributed by atoms with Crippen LogP contribution in [-0.4, -0.2) is 6.54 Å². The molecule has 1 aromatic carbocycles. The topological polar surface area (TPSA) is 3.24 Å². The summed E-state index contributed by atoms with van der Waals surface area (Å²) in [5, 5.41) is 0. The number of para-hydroxylation sites is 1. The minimum Gasteiger partial charge on any atom is -0.347 e. The van der Waals surface area contributed by atoms with E-state index in [9.17, 15) is 0 Å². The van der Waals surface area contributed by atoms with Crippen molar-refractivity contribution in [3.05, 3.63) is 42.6 Å². The molecule has 1 heterocycles. The Balaban J connectivity index is 2.23. The van der Waals surface area contributed by atoms with E-state index >= 15 is 0 Å². The van der Waals surface area contributed by atoms with Crippen LogP contribution >= 0.6 is 0 Å². The van der Waals surface area contributed by atoms with Gasteiger partial charge in [0.15, 0.2) is 0 Å². The monoisotopic (exact) mass is 144 g/mol. The fraction of sp³-hybridized carbons (Fsp3) is 0.200. The molecule has 0 unspecified atom stereocenters. The van der Waals surface area contributed by atoms with E-state index in [1.54, 1.807) is 0 Å². The number of hydrogen-bond acceptors (Lipinski definition) is 1. The highest BCUT2D eigenvalue weighted by Gasteiger charge is 2.04. The minimum atomic E-state index is 1.10. The Bertz CT molecular complexity index is 251. The molecule has 0 atom stereocenters. The lowest BCUT2D eigenvalue weighted by atomic mass is 10.3. The molecule has 1 aliphatic heterocycles. The lowest BCUT2D eigenvalue weighted by Gasteiger charge is -2.13. The Labute approximate surface area is 67.0 Å². The quantitative estimate of drug-likeness (QED) is 0.584. The molecule has 0 amide bonds. The zero-order valence-corrected chi connectivity index (χ0v) is 6.33. The largest absolute Gasteiger partial charge is 0.347 e. The Hall–Kier alpha value is -1.24. The van der Waals surface area contributed by atoms with E-state index in [4.69, 9.17) is 0 Å². The summed E-state index contributed by atoms with van der Waals surface area (Å²) in [5.41, 5.74) is 1.17. The predicted molar refractivity (Wildman–Crippen MR) is 46.4 cm³/mol. The van der Waals surface area contributed by atoms with Crippen molar-refractivity contribution in [1.29, 1.82) is 0 Å². The van der Waals surface area contributed by atoms with Crippen LogP contribution in [-0.2, 0) is 0 Å². The molecule has 0 spiro atoms. The van der Waals surface area contributed by atoms with Crippen LogP contribution in [0.15, 0.2) is 36.5 Å². The molecule has 0 N–H and O–H groups in total. The van der Waals surface area contributed by atoms with Crippen LogP contribution in [0.5, 0.6) is 0 Å². The van der Waals surface area contributed by atoms with Crippen LogP contribution in [0.25, 0.3) is 0 Å². The molecule has 0 saturated heterocycles. The van der Waals surface area contributed by atoms with Crippen LogP contribution in [0.4, 0.5) is 5.69 Å². The number of anilines is 1. The first kappa shape index (κ1) is 6.47. The van der Waals surface area contributed by atoms with Crippen LogP contribution in [0, 0.1) is 6.07 Å². The van der Waals surface area contributed by atoms with E-state index < -0.39 is 0 Å². The van der Waals surface area contributed by atoms with Crippen molar-refractivity contribution in [3.8, 4) is 0 Å². The van der Waals surface area contributed by atoms with E-state index in [-0.39, 0.29) is 0 Å². The maximum Gasteiger partial charge on any atom is 0.0486 e. The molecule has 11 heavy (non-hydrogen) atoms. The Kier molecular flexibility index (Phi) is 1.64. The second-order valence-corrected chi connectivity index (χ2v) is 2.61. The molecule has 1 aliphatic rings. The van der Waals surface area contributed by atoms with Gasteiger partial charge in [0.1, 0.15) is 0 Å². The lowest BCUT2D eigenvalue weighted by Crippen LogP contribution is -2.11. The first-order chi connectivity index (χ1) is 5.47. The second kappa shape index (κ2) is 2.79. The van der Waals surface area contributed by atoms with Crippen molar-refractivity contribution in [3.63, 3.8) is 0 Å². The van der Waals surface area contributed by atoms with Gasteiger partial charge in [-0.1, -0.05) is 24.3 Å². The molecule has 2 rings (SSSR count). The molecule has 1 nitrogen and oxygen atoms in total. The van der Waals surface area contributed by atoms with Gasteiger partial charge < -0.3 is 4.90 Å². The molecule has 1 radical (unpaired) electrons. The SMILES string of the molecule is [c]1ccccc1N1C=CCC1. The Morgan fingerprint density at radius 3 is 3.00 bits per heavy atom. The molecule has 0 aromatic heterocycles. The lowest BCUT2D eigenvalue weighted by molar-refractivity contribution is 0.999. The fourth-order valence-electron chi connectivity index (χ4n) is 1.25. The highest BCUT2D eigenvalue weighted by atomic mass is 15.1. The zero-order chi connectivity index (χ0) is 7.52. The molecular formula is C10H10N. The van der Waals surface area contributed by atoms with Crippen molar-refractivity contribution in [2.45, 2.75) is 6.42 Å². The van der Waals surface area contributed by atoms with Gasteiger partial charge in [-0.3, -0.25) is 0 Å². The van der Waals surface area contributed by atoms with Gasteiger partial charge in [-0.05, 0) is 12.5 Å². The van der Waals surface area contributed by atoms with E-state index in [2.05, 4.69) is 29.3 Å². The van der Waals surface area contributed by atoms with E-state index in [0.29, 0.717) is 0 Å². The zero-order valence-electron chi connectivity index (χ0n) is 6.33. The highest BCUT2D eigenvalue weighted by Crippen LogP contribution is 2.16. The van der Waals surface area contributed by atoms with Crippen LogP contribution < -0.4 is 4.90 Å². The standard InChI is InChI=1S/C10H10N/c1-2-6-10(7-3-1)11-8-4-5-9-11/h1-4,6,8H,5,9H2. The number of nitrogens with zero attached hydrogens (tertiary/aromatic N) is 1. The third-order valence-electron chi connectivity index (χ3n) is 1.82. The van der Waals surface area contributed by atoms with Crippen molar-refractivity contribution >= 4 is 5.69 Å². The first-order valence-corrected chi connectivity index (χ1v) is 3.87. The summed E-state index contributed by atoms with van der Waals surface area (Å²) >= 11 is 0. The normalized spacial score (nSPS) is 15.8. The molecule has 0 fully saturated rings. The van der Waals surface area contributed by atoms with Gasteiger partial charge in [0.2, 0.25) is 0 Å². The van der Waals surface area contributed by atoms with Gasteiger partial charge in [0, 0.05) is 24.5 Å². The maximum absolute atomic E-state index is 3.18. The predicted octanol–water partition coefficient (Wildman–Crippen LogP) is 2.21. The van der Waals surface area contributed by atoms with E-state index in [0.717, 1.165) is 13.0 Å². The minimum absolute atomic E-state index is 1.10. The van der Waals surface area contributed by atoms with Crippen LogP contribution in [0.2, 0.25) is 0 Å².